The van der Waals surface area contributed by atoms with E-state index in [0.29, 0.717) is 11.8 Å². The fourth-order valence-electron chi connectivity index (χ4n) is 3.16. The summed E-state index contributed by atoms with van der Waals surface area (Å²) in [4.78, 5) is 6.08. The number of allylic oxidation sites excluding steroid dienone is 1. The van der Waals surface area contributed by atoms with E-state index in [2.05, 4.69) is 10.1 Å². The number of para-hydroxylation sites is 1. The van der Waals surface area contributed by atoms with Gasteiger partial charge >= 0.3 is 6.02 Å². The Bertz CT molecular complexity index is 1140. The Hall–Kier alpha value is -4.14. The van der Waals surface area contributed by atoms with Crippen molar-refractivity contribution in [3.8, 4) is 0 Å². The van der Waals surface area contributed by atoms with Gasteiger partial charge in [0.1, 0.15) is 17.8 Å². The van der Waals surface area contributed by atoms with Crippen LogP contribution in [0.2, 0.25) is 0 Å². The van der Waals surface area contributed by atoms with Crippen LogP contribution in [0.1, 0.15) is 5.82 Å². The van der Waals surface area contributed by atoms with Gasteiger partial charge in [0.2, 0.25) is 0 Å². The topological polar surface area (TPSA) is 62.0 Å². The summed E-state index contributed by atoms with van der Waals surface area (Å²) in [6, 6.07) is 16.4. The van der Waals surface area contributed by atoms with Gasteiger partial charge in [-0.15, -0.1) is 0 Å². The first-order chi connectivity index (χ1) is 14.7. The predicted molar refractivity (Wildman–Crippen MR) is 110 cm³/mol. The van der Waals surface area contributed by atoms with Crippen molar-refractivity contribution in [2.45, 2.75) is 6.61 Å². The number of amidine groups is 1. The summed E-state index contributed by atoms with van der Waals surface area (Å²) in [6.07, 6.45) is 7.23. The lowest BCUT2D eigenvalue weighted by Gasteiger charge is -2.33. The molecule has 0 saturated carbocycles. The SMILES string of the molecule is Cn1ncnc1COC1=NN2C(=CN1c1ccccc1)C=CN2c1ccc(F)cc1. The van der Waals surface area contributed by atoms with Crippen LogP contribution in [-0.4, -0.2) is 25.9 Å². The van der Waals surface area contributed by atoms with Crippen molar-refractivity contribution >= 4 is 17.4 Å². The number of nitrogens with zero attached hydrogens (tertiary/aromatic N) is 7. The first-order valence-electron chi connectivity index (χ1n) is 9.32. The number of fused-ring (bicyclic) bond motifs is 1. The first-order valence-corrected chi connectivity index (χ1v) is 9.32. The molecule has 0 N–H and O–H groups in total. The fraction of sp³-hybridized carbons (Fsp3) is 0.0952. The number of rotatable bonds is 4. The van der Waals surface area contributed by atoms with Gasteiger partial charge in [0, 0.05) is 19.4 Å². The van der Waals surface area contributed by atoms with Gasteiger partial charge in [-0.2, -0.15) is 10.2 Å². The highest BCUT2D eigenvalue weighted by Gasteiger charge is 2.30. The van der Waals surface area contributed by atoms with Crippen LogP contribution in [0.5, 0.6) is 0 Å². The van der Waals surface area contributed by atoms with E-state index in [1.807, 2.05) is 65.8 Å². The lowest BCUT2D eigenvalue weighted by molar-refractivity contribution is 0.251. The molecule has 5 rings (SSSR count). The van der Waals surface area contributed by atoms with Crippen LogP contribution >= 0.6 is 0 Å². The van der Waals surface area contributed by atoms with E-state index in [1.54, 1.807) is 21.9 Å². The molecule has 3 heterocycles. The Balaban J connectivity index is 1.48. The van der Waals surface area contributed by atoms with Crippen molar-refractivity contribution in [3.63, 3.8) is 0 Å². The summed E-state index contributed by atoms with van der Waals surface area (Å²) in [5.41, 5.74) is 2.53. The van der Waals surface area contributed by atoms with E-state index in [9.17, 15) is 4.39 Å². The number of ether oxygens (including phenoxy) is 1. The maximum Gasteiger partial charge on any atom is 0.320 e. The van der Waals surface area contributed by atoms with Crippen molar-refractivity contribution in [3.05, 3.63) is 96.7 Å². The zero-order valence-corrected chi connectivity index (χ0v) is 16.1. The standard InChI is InChI=1S/C21H18FN7O/c1-26-20(23-15-24-26)14-30-21-25-29-19(13-27(21)17-5-3-2-4-6-17)11-12-28(29)18-9-7-16(22)8-10-18/h2-13,15H,14H2,1H3. The minimum atomic E-state index is -0.289. The van der Waals surface area contributed by atoms with Gasteiger partial charge in [-0.3, -0.25) is 9.58 Å². The second kappa shape index (κ2) is 7.36. The number of aromatic nitrogens is 3. The van der Waals surface area contributed by atoms with Gasteiger partial charge in [0.25, 0.3) is 0 Å². The Morgan fingerprint density at radius 3 is 2.53 bits per heavy atom. The average Bonchev–Trinajstić information content (AvgIpc) is 3.38. The summed E-state index contributed by atoms with van der Waals surface area (Å²) in [7, 11) is 1.81. The number of hydrogen-bond acceptors (Lipinski definition) is 7. The van der Waals surface area contributed by atoms with Crippen LogP contribution in [0.3, 0.4) is 0 Å². The molecule has 0 aliphatic carbocycles. The maximum absolute atomic E-state index is 13.3. The molecular formula is C21H18FN7O. The lowest BCUT2D eigenvalue weighted by Crippen LogP contribution is -2.40. The molecule has 9 heteroatoms. The van der Waals surface area contributed by atoms with Crippen LogP contribution in [0.15, 0.2) is 90.2 Å². The Morgan fingerprint density at radius 2 is 1.80 bits per heavy atom. The first kappa shape index (κ1) is 17.9. The van der Waals surface area contributed by atoms with Crippen LogP contribution in [-0.2, 0) is 18.4 Å². The molecule has 2 aliphatic heterocycles. The third-order valence-electron chi connectivity index (χ3n) is 4.73. The maximum atomic E-state index is 13.3. The van der Waals surface area contributed by atoms with Gasteiger partial charge in [-0.1, -0.05) is 23.3 Å². The molecule has 0 amide bonds. The normalized spacial score (nSPS) is 15.2. The van der Waals surface area contributed by atoms with Crippen LogP contribution in [0.4, 0.5) is 15.8 Å². The molecule has 0 fully saturated rings. The molecule has 2 aromatic carbocycles. The number of anilines is 2. The zero-order chi connectivity index (χ0) is 20.5. The number of halogens is 1. The Kier molecular flexibility index (Phi) is 4.40. The molecule has 8 nitrogen and oxygen atoms in total. The molecule has 0 unspecified atom stereocenters. The van der Waals surface area contributed by atoms with Crippen LogP contribution in [0.25, 0.3) is 0 Å². The van der Waals surface area contributed by atoms with Gasteiger partial charge in [0.15, 0.2) is 12.4 Å². The van der Waals surface area contributed by atoms with Crippen molar-refractivity contribution in [2.75, 3.05) is 9.91 Å². The summed E-state index contributed by atoms with van der Waals surface area (Å²) < 4.78 is 21.0. The van der Waals surface area contributed by atoms with E-state index in [4.69, 9.17) is 9.84 Å². The smallest absolute Gasteiger partial charge is 0.320 e. The minimum absolute atomic E-state index is 0.208. The molecular weight excluding hydrogens is 385 g/mol. The number of hydrazone groups is 1. The average molecular weight is 403 g/mol. The summed E-state index contributed by atoms with van der Waals surface area (Å²) in [6.45, 7) is 0.208. The molecule has 0 radical (unpaired) electrons. The summed E-state index contributed by atoms with van der Waals surface area (Å²) in [5.74, 6) is 0.387. The number of hydrogen-bond donors (Lipinski definition) is 0. The van der Waals surface area contributed by atoms with E-state index in [1.165, 1.54) is 18.5 Å². The zero-order valence-electron chi connectivity index (χ0n) is 16.1. The van der Waals surface area contributed by atoms with Crippen molar-refractivity contribution in [1.82, 2.24) is 19.9 Å². The highest BCUT2D eigenvalue weighted by atomic mass is 19.1. The van der Waals surface area contributed by atoms with Crippen LogP contribution in [0, 0.1) is 5.82 Å². The van der Waals surface area contributed by atoms with Crippen molar-refractivity contribution in [1.29, 1.82) is 0 Å². The molecule has 0 bridgehead atoms. The molecule has 0 atom stereocenters. The summed E-state index contributed by atoms with van der Waals surface area (Å²) >= 11 is 0. The molecule has 3 aromatic rings. The van der Waals surface area contributed by atoms with Gasteiger partial charge < -0.3 is 4.74 Å². The quantitative estimate of drug-likeness (QED) is 0.666. The minimum Gasteiger partial charge on any atom is -0.455 e. The molecule has 30 heavy (non-hydrogen) atoms. The highest BCUT2D eigenvalue weighted by Crippen LogP contribution is 2.31. The third-order valence-corrected chi connectivity index (χ3v) is 4.73. The second-order valence-electron chi connectivity index (χ2n) is 6.66. The fourth-order valence-corrected chi connectivity index (χ4v) is 3.16. The van der Waals surface area contributed by atoms with E-state index in [0.717, 1.165) is 17.1 Å². The van der Waals surface area contributed by atoms with E-state index < -0.39 is 0 Å². The Morgan fingerprint density at radius 1 is 1.00 bits per heavy atom. The number of aryl methyl sites for hydroxylation is 1. The molecule has 1 aromatic heterocycles. The monoisotopic (exact) mass is 403 g/mol. The van der Waals surface area contributed by atoms with Gasteiger partial charge in [-0.05, 0) is 42.5 Å². The van der Waals surface area contributed by atoms with E-state index in [-0.39, 0.29) is 12.4 Å². The number of hydrazine groups is 1. The largest absolute Gasteiger partial charge is 0.455 e. The predicted octanol–water partition coefficient (Wildman–Crippen LogP) is 3.35. The van der Waals surface area contributed by atoms with Gasteiger partial charge in [-0.25, -0.2) is 14.4 Å². The van der Waals surface area contributed by atoms with Crippen molar-refractivity contribution < 1.29 is 9.13 Å². The van der Waals surface area contributed by atoms with Gasteiger partial charge in [0.05, 0.1) is 11.4 Å². The second-order valence-corrected chi connectivity index (χ2v) is 6.66. The lowest BCUT2D eigenvalue weighted by atomic mass is 10.3. The van der Waals surface area contributed by atoms with Crippen LogP contribution < -0.4 is 9.91 Å². The number of benzene rings is 2. The third kappa shape index (κ3) is 3.26. The van der Waals surface area contributed by atoms with Crippen molar-refractivity contribution in [2.24, 2.45) is 12.1 Å². The molecule has 0 spiro atoms. The molecule has 150 valence electrons. The Labute approximate surface area is 172 Å². The molecule has 2 aliphatic rings. The summed E-state index contributed by atoms with van der Waals surface area (Å²) in [5, 5.41) is 12.3. The van der Waals surface area contributed by atoms with E-state index >= 15 is 0 Å². The highest BCUT2D eigenvalue weighted by molar-refractivity contribution is 5.94. The molecule has 0 saturated heterocycles.